The van der Waals surface area contributed by atoms with Crippen LogP contribution in [0.3, 0.4) is 0 Å². The zero-order valence-corrected chi connectivity index (χ0v) is 16.4. The van der Waals surface area contributed by atoms with Gasteiger partial charge in [-0.1, -0.05) is 37.7 Å². The summed E-state index contributed by atoms with van der Waals surface area (Å²) in [5.74, 6) is 0.275. The fourth-order valence-corrected chi connectivity index (χ4v) is 3.39. The van der Waals surface area contributed by atoms with E-state index in [4.69, 9.17) is 4.74 Å². The van der Waals surface area contributed by atoms with Crippen LogP contribution in [-0.4, -0.2) is 34.6 Å². The summed E-state index contributed by atoms with van der Waals surface area (Å²) in [6, 6.07) is 6.76. The first kappa shape index (κ1) is 20.0. The highest BCUT2D eigenvalue weighted by Gasteiger charge is 2.23. The molecule has 0 saturated carbocycles. The van der Waals surface area contributed by atoms with E-state index in [-0.39, 0.29) is 11.8 Å². The van der Waals surface area contributed by atoms with Gasteiger partial charge in [0.1, 0.15) is 6.04 Å². The van der Waals surface area contributed by atoms with Crippen LogP contribution in [0.2, 0.25) is 0 Å². The van der Waals surface area contributed by atoms with Crippen LogP contribution in [0.25, 0.3) is 0 Å². The molecule has 2 rings (SSSR count). The predicted octanol–water partition coefficient (Wildman–Crippen LogP) is 3.03. The van der Waals surface area contributed by atoms with Crippen molar-refractivity contribution < 1.29 is 14.3 Å². The van der Waals surface area contributed by atoms with E-state index in [9.17, 15) is 9.59 Å². The van der Waals surface area contributed by atoms with Crippen molar-refractivity contribution in [2.75, 3.05) is 7.11 Å². The van der Waals surface area contributed by atoms with Gasteiger partial charge in [0.05, 0.1) is 7.11 Å². The summed E-state index contributed by atoms with van der Waals surface area (Å²) < 4.78 is 6.75. The highest BCUT2D eigenvalue weighted by Crippen LogP contribution is 2.21. The Morgan fingerprint density at radius 2 is 2.12 bits per heavy atom. The summed E-state index contributed by atoms with van der Waals surface area (Å²) >= 11 is 1.60. The minimum atomic E-state index is -0.641. The van der Waals surface area contributed by atoms with E-state index in [0.29, 0.717) is 17.7 Å². The van der Waals surface area contributed by atoms with Crippen LogP contribution in [0.15, 0.2) is 41.8 Å². The number of methoxy groups -OCH3 is 1. The molecule has 0 fully saturated rings. The quantitative estimate of drug-likeness (QED) is 0.567. The van der Waals surface area contributed by atoms with Crippen LogP contribution < -0.4 is 5.32 Å². The number of imidazole rings is 1. The zero-order valence-electron chi connectivity index (χ0n) is 15.6. The third-order valence-electron chi connectivity index (χ3n) is 3.83. The summed E-state index contributed by atoms with van der Waals surface area (Å²) in [4.78, 5) is 28.7. The smallest absolute Gasteiger partial charge is 0.328 e. The lowest BCUT2D eigenvalue weighted by molar-refractivity contribution is -0.143. The molecule has 26 heavy (non-hydrogen) atoms. The second kappa shape index (κ2) is 9.43. The van der Waals surface area contributed by atoms with Gasteiger partial charge in [0.15, 0.2) is 5.16 Å². The number of benzene rings is 1. The number of carbonyl (C=O) groups excluding carboxylic acids is 2. The molecule has 0 saturated heterocycles. The largest absolute Gasteiger partial charge is 0.467 e. The molecule has 0 aliphatic heterocycles. The lowest BCUT2D eigenvalue weighted by Crippen LogP contribution is -2.42. The standard InChI is InChI=1S/C19H25N3O3S/c1-13(2)10-16(18(24)25-4)21-17(23)15-7-5-6-14(11-15)12-26-19-20-8-9-22(19)3/h5-9,11,13,16H,10,12H2,1-4H3,(H,21,23). The summed E-state index contributed by atoms with van der Waals surface area (Å²) in [5, 5.41) is 3.70. The molecule has 1 aromatic heterocycles. The molecular formula is C19H25N3O3S. The van der Waals surface area contributed by atoms with Gasteiger partial charge < -0.3 is 14.6 Å². The first-order valence-corrected chi connectivity index (χ1v) is 9.47. The number of aryl methyl sites for hydroxylation is 1. The SMILES string of the molecule is COC(=O)C(CC(C)C)NC(=O)c1cccc(CSc2nccn2C)c1. The normalized spacial score (nSPS) is 12.0. The van der Waals surface area contributed by atoms with Crippen LogP contribution in [-0.2, 0) is 22.3 Å². The van der Waals surface area contributed by atoms with Crippen LogP contribution in [0, 0.1) is 5.92 Å². The maximum absolute atomic E-state index is 12.6. The maximum atomic E-state index is 12.6. The molecule has 7 heteroatoms. The highest BCUT2D eigenvalue weighted by atomic mass is 32.2. The first-order valence-electron chi connectivity index (χ1n) is 8.48. The van der Waals surface area contributed by atoms with Crippen molar-refractivity contribution in [1.29, 1.82) is 0 Å². The Balaban J connectivity index is 2.04. The Bertz CT molecular complexity index is 758. The van der Waals surface area contributed by atoms with E-state index in [0.717, 1.165) is 10.7 Å². The number of carbonyl (C=O) groups is 2. The average molecular weight is 375 g/mol. The second-order valence-electron chi connectivity index (χ2n) is 6.49. The molecule has 0 spiro atoms. The van der Waals surface area contributed by atoms with Gasteiger partial charge in [-0.15, -0.1) is 0 Å². The molecule has 1 aromatic carbocycles. The van der Waals surface area contributed by atoms with E-state index in [1.165, 1.54) is 7.11 Å². The van der Waals surface area contributed by atoms with Crippen molar-refractivity contribution >= 4 is 23.6 Å². The number of nitrogens with zero attached hydrogens (tertiary/aromatic N) is 2. The molecular weight excluding hydrogens is 350 g/mol. The van der Waals surface area contributed by atoms with E-state index in [1.54, 1.807) is 24.0 Å². The number of ether oxygens (including phenoxy) is 1. The number of rotatable bonds is 8. The monoisotopic (exact) mass is 375 g/mol. The number of hydrogen-bond acceptors (Lipinski definition) is 5. The first-order chi connectivity index (χ1) is 12.4. The second-order valence-corrected chi connectivity index (χ2v) is 7.43. The van der Waals surface area contributed by atoms with Crippen molar-refractivity contribution in [3.8, 4) is 0 Å². The number of esters is 1. The number of hydrogen-bond donors (Lipinski definition) is 1. The Hall–Kier alpha value is -2.28. The third-order valence-corrected chi connectivity index (χ3v) is 4.96. The molecule has 0 aliphatic carbocycles. The lowest BCUT2D eigenvalue weighted by Gasteiger charge is -2.18. The molecule has 0 radical (unpaired) electrons. The van der Waals surface area contributed by atoms with Gasteiger partial charge in [0, 0.05) is 30.8 Å². The summed E-state index contributed by atoms with van der Waals surface area (Å²) in [6.45, 7) is 4.00. The van der Waals surface area contributed by atoms with Gasteiger partial charge in [-0.3, -0.25) is 4.79 Å². The van der Waals surface area contributed by atoms with Gasteiger partial charge in [-0.2, -0.15) is 0 Å². The van der Waals surface area contributed by atoms with Crippen molar-refractivity contribution in [2.45, 2.75) is 37.2 Å². The van der Waals surface area contributed by atoms with Gasteiger partial charge in [0.25, 0.3) is 5.91 Å². The number of thioether (sulfide) groups is 1. The topological polar surface area (TPSA) is 73.2 Å². The van der Waals surface area contributed by atoms with Crippen molar-refractivity contribution in [3.05, 3.63) is 47.8 Å². The fourth-order valence-electron chi connectivity index (χ4n) is 2.51. The number of aromatic nitrogens is 2. The maximum Gasteiger partial charge on any atom is 0.328 e. The molecule has 140 valence electrons. The Kier molecular flexibility index (Phi) is 7.26. The van der Waals surface area contributed by atoms with E-state index in [1.807, 2.05) is 49.9 Å². The Morgan fingerprint density at radius 1 is 1.35 bits per heavy atom. The number of nitrogens with one attached hydrogen (secondary N) is 1. The Morgan fingerprint density at radius 3 is 2.73 bits per heavy atom. The van der Waals surface area contributed by atoms with Crippen LogP contribution in [0.1, 0.15) is 36.2 Å². The predicted molar refractivity (Wildman–Crippen MR) is 102 cm³/mol. The third kappa shape index (κ3) is 5.62. The molecule has 1 N–H and O–H groups in total. The molecule has 0 aliphatic rings. The molecule has 0 bridgehead atoms. The van der Waals surface area contributed by atoms with Crippen molar-refractivity contribution in [3.63, 3.8) is 0 Å². The molecule has 1 atom stereocenters. The molecule has 1 amide bonds. The van der Waals surface area contributed by atoms with Gasteiger partial charge in [-0.25, -0.2) is 9.78 Å². The molecule has 2 aromatic rings. The zero-order chi connectivity index (χ0) is 19.1. The van der Waals surface area contributed by atoms with Crippen molar-refractivity contribution in [1.82, 2.24) is 14.9 Å². The van der Waals surface area contributed by atoms with Crippen LogP contribution in [0.5, 0.6) is 0 Å². The van der Waals surface area contributed by atoms with Crippen molar-refractivity contribution in [2.24, 2.45) is 13.0 Å². The van der Waals surface area contributed by atoms with Gasteiger partial charge in [0.2, 0.25) is 0 Å². The van der Waals surface area contributed by atoms with E-state index in [2.05, 4.69) is 10.3 Å². The minimum absolute atomic E-state index is 0.264. The van der Waals surface area contributed by atoms with Gasteiger partial charge in [-0.05, 0) is 30.0 Å². The van der Waals surface area contributed by atoms with E-state index >= 15 is 0 Å². The van der Waals surface area contributed by atoms with Gasteiger partial charge >= 0.3 is 5.97 Å². The summed E-state index contributed by atoms with van der Waals surface area (Å²) in [5.41, 5.74) is 1.55. The molecule has 1 heterocycles. The average Bonchev–Trinajstić information content (AvgIpc) is 3.03. The highest BCUT2D eigenvalue weighted by molar-refractivity contribution is 7.98. The lowest BCUT2D eigenvalue weighted by atomic mass is 10.0. The molecule has 6 nitrogen and oxygen atoms in total. The fraction of sp³-hybridized carbons (Fsp3) is 0.421. The Labute approximate surface area is 158 Å². The number of amides is 1. The summed E-state index contributed by atoms with van der Waals surface area (Å²) in [6.07, 6.45) is 4.19. The van der Waals surface area contributed by atoms with E-state index < -0.39 is 12.0 Å². The van der Waals surface area contributed by atoms with Crippen LogP contribution in [0.4, 0.5) is 0 Å². The van der Waals surface area contributed by atoms with Crippen LogP contribution >= 0.6 is 11.8 Å². The summed E-state index contributed by atoms with van der Waals surface area (Å²) in [7, 11) is 3.28. The molecule has 1 unspecified atom stereocenters. The minimum Gasteiger partial charge on any atom is -0.467 e.